The van der Waals surface area contributed by atoms with Gasteiger partial charge in [0.15, 0.2) is 0 Å². The normalized spacial score (nSPS) is 18.1. The summed E-state index contributed by atoms with van der Waals surface area (Å²) in [4.78, 5) is 3.83. The van der Waals surface area contributed by atoms with Crippen LogP contribution in [0.2, 0.25) is 5.02 Å². The van der Waals surface area contributed by atoms with Crippen LogP contribution in [0.15, 0.2) is 18.5 Å². The summed E-state index contributed by atoms with van der Waals surface area (Å²) in [7, 11) is 1.88. The third-order valence-corrected chi connectivity index (χ3v) is 4.14. The van der Waals surface area contributed by atoms with Crippen molar-refractivity contribution in [3.8, 4) is 0 Å². The van der Waals surface area contributed by atoms with Crippen molar-refractivity contribution in [2.45, 2.75) is 31.5 Å². The molecule has 2 aromatic rings. The molecule has 118 valence electrons. The number of pyridine rings is 1. The van der Waals surface area contributed by atoms with Gasteiger partial charge in [0.25, 0.3) is 0 Å². The third kappa shape index (κ3) is 2.77. The predicted molar refractivity (Wildman–Crippen MR) is 76.8 cm³/mol. The van der Waals surface area contributed by atoms with Crippen LogP contribution in [-0.4, -0.2) is 14.8 Å². The van der Waals surface area contributed by atoms with Gasteiger partial charge in [0, 0.05) is 24.5 Å². The molecule has 8 heteroatoms. The highest BCUT2D eigenvalue weighted by Gasteiger charge is 2.32. The van der Waals surface area contributed by atoms with E-state index in [4.69, 9.17) is 11.6 Å². The Bertz CT molecular complexity index is 696. The second kappa shape index (κ2) is 5.46. The molecule has 2 heterocycles. The molecule has 0 fully saturated rings. The zero-order valence-corrected chi connectivity index (χ0v) is 12.5. The zero-order valence-electron chi connectivity index (χ0n) is 11.8. The number of aryl methyl sites for hydroxylation is 1. The van der Waals surface area contributed by atoms with Crippen LogP contribution in [0.25, 0.3) is 0 Å². The molecule has 0 saturated heterocycles. The summed E-state index contributed by atoms with van der Waals surface area (Å²) < 4.78 is 39.7. The van der Waals surface area contributed by atoms with Crippen LogP contribution in [0.5, 0.6) is 0 Å². The molecule has 22 heavy (non-hydrogen) atoms. The maximum atomic E-state index is 12.6. The lowest BCUT2D eigenvalue weighted by Gasteiger charge is -2.24. The number of aromatic nitrogens is 3. The maximum Gasteiger partial charge on any atom is 0.417 e. The van der Waals surface area contributed by atoms with Crippen LogP contribution in [0, 0.1) is 0 Å². The molecule has 0 aromatic carbocycles. The average molecular weight is 331 g/mol. The number of alkyl halides is 3. The lowest BCUT2D eigenvalue weighted by Crippen LogP contribution is -2.18. The highest BCUT2D eigenvalue weighted by atomic mass is 35.5. The fourth-order valence-electron chi connectivity index (χ4n) is 2.72. The largest absolute Gasteiger partial charge is 0.417 e. The molecule has 1 atom stereocenters. The minimum atomic E-state index is -4.45. The highest BCUT2D eigenvalue weighted by molar-refractivity contribution is 6.33. The fourth-order valence-corrected chi connectivity index (χ4v) is 2.94. The number of nitrogens with one attached hydrogen (secondary N) is 1. The molecule has 0 aliphatic heterocycles. The maximum absolute atomic E-state index is 12.6. The summed E-state index contributed by atoms with van der Waals surface area (Å²) in [5.41, 5.74) is 1.33. The van der Waals surface area contributed by atoms with Gasteiger partial charge in [-0.1, -0.05) is 11.6 Å². The smallest absolute Gasteiger partial charge is 0.362 e. The molecular formula is C14H14ClF3N4. The van der Waals surface area contributed by atoms with Gasteiger partial charge in [-0.2, -0.15) is 18.3 Å². The van der Waals surface area contributed by atoms with Crippen LogP contribution in [0.3, 0.4) is 0 Å². The summed E-state index contributed by atoms with van der Waals surface area (Å²) >= 11 is 5.94. The Balaban J connectivity index is 1.85. The minimum absolute atomic E-state index is 0.0363. The molecule has 0 bridgehead atoms. The minimum Gasteiger partial charge on any atom is -0.362 e. The number of nitrogens with zero attached hydrogens (tertiary/aromatic N) is 3. The van der Waals surface area contributed by atoms with E-state index in [1.807, 2.05) is 11.7 Å². The molecule has 1 aliphatic rings. The van der Waals surface area contributed by atoms with E-state index in [0.717, 1.165) is 42.8 Å². The van der Waals surface area contributed by atoms with Crippen LogP contribution >= 0.6 is 11.6 Å². The topological polar surface area (TPSA) is 42.7 Å². The van der Waals surface area contributed by atoms with Crippen molar-refractivity contribution in [1.29, 1.82) is 0 Å². The van der Waals surface area contributed by atoms with E-state index < -0.39 is 11.7 Å². The van der Waals surface area contributed by atoms with Gasteiger partial charge in [0.2, 0.25) is 0 Å². The Morgan fingerprint density at radius 2 is 2.14 bits per heavy atom. The van der Waals surface area contributed by atoms with E-state index in [2.05, 4.69) is 15.4 Å². The molecule has 0 unspecified atom stereocenters. The number of anilines is 1. The molecule has 4 nitrogen and oxygen atoms in total. The summed E-state index contributed by atoms with van der Waals surface area (Å²) in [6, 6.07) is 0.850. The first kappa shape index (κ1) is 15.1. The lowest BCUT2D eigenvalue weighted by molar-refractivity contribution is -0.137. The molecule has 1 aliphatic carbocycles. The SMILES string of the molecule is Cn1ncc2c1CCC[C@@H]2Nc1ncc(C(F)(F)F)cc1Cl. The Hall–Kier alpha value is -1.76. The number of fused-ring (bicyclic) bond motifs is 1. The predicted octanol–water partition coefficient (Wildman–Crippen LogP) is 3.98. The van der Waals surface area contributed by atoms with Gasteiger partial charge in [0.05, 0.1) is 22.8 Å². The van der Waals surface area contributed by atoms with Gasteiger partial charge in [0.1, 0.15) is 5.82 Å². The van der Waals surface area contributed by atoms with Gasteiger partial charge in [-0.25, -0.2) is 4.98 Å². The fraction of sp³-hybridized carbons (Fsp3) is 0.429. The Kier molecular flexibility index (Phi) is 3.76. The summed E-state index contributed by atoms with van der Waals surface area (Å²) in [5, 5.41) is 7.33. The van der Waals surface area contributed by atoms with Crippen molar-refractivity contribution in [1.82, 2.24) is 14.8 Å². The van der Waals surface area contributed by atoms with Gasteiger partial charge >= 0.3 is 6.18 Å². The van der Waals surface area contributed by atoms with Gasteiger partial charge in [-0.05, 0) is 25.3 Å². The second-order valence-corrected chi connectivity index (χ2v) is 5.72. The molecule has 2 aromatic heterocycles. The molecule has 3 rings (SSSR count). The second-order valence-electron chi connectivity index (χ2n) is 5.31. The monoisotopic (exact) mass is 330 g/mol. The van der Waals surface area contributed by atoms with Crippen molar-refractivity contribution < 1.29 is 13.2 Å². The summed E-state index contributed by atoms with van der Waals surface area (Å²) in [6.45, 7) is 0. The molecule has 0 amide bonds. The Morgan fingerprint density at radius 3 is 2.82 bits per heavy atom. The third-order valence-electron chi connectivity index (χ3n) is 3.86. The van der Waals surface area contributed by atoms with E-state index in [-0.39, 0.29) is 16.9 Å². The lowest BCUT2D eigenvalue weighted by atomic mass is 9.93. The molecule has 0 saturated carbocycles. The molecule has 0 radical (unpaired) electrons. The molecule has 0 spiro atoms. The van der Waals surface area contributed by atoms with Crippen LogP contribution < -0.4 is 5.32 Å². The summed E-state index contributed by atoms with van der Waals surface area (Å²) in [5.74, 6) is 0.261. The first-order chi connectivity index (χ1) is 10.4. The standard InChI is InChI=1S/C14H14ClF3N4/c1-22-12-4-2-3-11(9(12)7-20-22)21-13-10(15)5-8(6-19-13)14(16,17)18/h5-7,11H,2-4H2,1H3,(H,19,21)/t11-/m0/s1. The van der Waals surface area contributed by atoms with Crippen molar-refractivity contribution in [3.63, 3.8) is 0 Å². The van der Waals surface area contributed by atoms with Gasteiger partial charge in [-0.15, -0.1) is 0 Å². The van der Waals surface area contributed by atoms with E-state index >= 15 is 0 Å². The van der Waals surface area contributed by atoms with Crippen molar-refractivity contribution in [2.75, 3.05) is 5.32 Å². The first-order valence-electron chi connectivity index (χ1n) is 6.86. The van der Waals surface area contributed by atoms with E-state index in [1.54, 1.807) is 6.20 Å². The van der Waals surface area contributed by atoms with Gasteiger partial charge < -0.3 is 5.32 Å². The average Bonchev–Trinajstić information content (AvgIpc) is 2.83. The van der Waals surface area contributed by atoms with E-state index in [9.17, 15) is 13.2 Å². The van der Waals surface area contributed by atoms with Gasteiger partial charge in [-0.3, -0.25) is 4.68 Å². The van der Waals surface area contributed by atoms with Crippen LogP contribution in [0.1, 0.15) is 35.7 Å². The molecule has 1 N–H and O–H groups in total. The van der Waals surface area contributed by atoms with E-state index in [1.165, 1.54) is 0 Å². The first-order valence-corrected chi connectivity index (χ1v) is 7.24. The van der Waals surface area contributed by atoms with Crippen molar-refractivity contribution >= 4 is 17.4 Å². The number of halogens is 4. The number of hydrogen-bond acceptors (Lipinski definition) is 3. The quantitative estimate of drug-likeness (QED) is 0.905. The Morgan fingerprint density at radius 1 is 1.36 bits per heavy atom. The Labute approximate surface area is 130 Å². The molecular weight excluding hydrogens is 317 g/mol. The summed E-state index contributed by atoms with van der Waals surface area (Å²) in [6.07, 6.45) is 0.903. The number of rotatable bonds is 2. The number of hydrogen-bond donors (Lipinski definition) is 1. The van der Waals surface area contributed by atoms with Crippen molar-refractivity contribution in [2.24, 2.45) is 7.05 Å². The van der Waals surface area contributed by atoms with Crippen LogP contribution in [0.4, 0.5) is 19.0 Å². The van der Waals surface area contributed by atoms with Crippen LogP contribution in [-0.2, 0) is 19.6 Å². The van der Waals surface area contributed by atoms with E-state index in [0.29, 0.717) is 0 Å². The zero-order chi connectivity index (χ0) is 15.9. The highest BCUT2D eigenvalue weighted by Crippen LogP contribution is 2.36. The van der Waals surface area contributed by atoms with Crippen molar-refractivity contribution in [3.05, 3.63) is 40.3 Å².